The molecule has 1 aromatic rings. The Morgan fingerprint density at radius 1 is 1.28 bits per heavy atom. The van der Waals surface area contributed by atoms with Crippen LogP contribution < -0.4 is 0 Å². The van der Waals surface area contributed by atoms with Gasteiger partial charge in [-0.25, -0.2) is 4.79 Å². The van der Waals surface area contributed by atoms with E-state index in [1.54, 1.807) is 12.1 Å². The monoisotopic (exact) mass is 359 g/mol. The molecule has 1 aromatic carbocycles. The van der Waals surface area contributed by atoms with E-state index in [9.17, 15) is 22.8 Å². The van der Waals surface area contributed by atoms with Crippen LogP contribution in [-0.4, -0.2) is 31.3 Å². The number of halogens is 3. The molecule has 0 saturated heterocycles. The molecule has 25 heavy (non-hydrogen) atoms. The van der Waals surface area contributed by atoms with Gasteiger partial charge in [-0.3, -0.25) is 4.79 Å². The number of carbonyl (C=O) groups is 2. The summed E-state index contributed by atoms with van der Waals surface area (Å²) in [5.74, 6) is -2.32. The third kappa shape index (κ3) is 7.23. The van der Waals surface area contributed by atoms with Crippen molar-refractivity contribution in [3.63, 3.8) is 0 Å². The van der Waals surface area contributed by atoms with E-state index in [1.807, 2.05) is 0 Å². The van der Waals surface area contributed by atoms with Crippen LogP contribution in [0, 0.1) is 0 Å². The Kier molecular flexibility index (Phi) is 7.90. The number of azide groups is 1. The number of hydrogen-bond acceptors (Lipinski definition) is 5. The Labute approximate surface area is 141 Å². The second-order valence-corrected chi connectivity index (χ2v) is 4.97. The number of nitrogens with zero attached hydrogens (tertiary/aromatic N) is 3. The van der Waals surface area contributed by atoms with Gasteiger partial charge in [0.05, 0.1) is 19.3 Å². The summed E-state index contributed by atoms with van der Waals surface area (Å²) < 4.78 is 46.2. The Hall–Kier alpha value is -2.58. The van der Waals surface area contributed by atoms with E-state index in [1.165, 1.54) is 19.2 Å². The number of methoxy groups -OCH3 is 1. The standard InChI is InChI=1S/C15H16F3N3O4/c1-24-14(23)11-7-5-10(6-8-11)9-25-13(20-21-19)4-2-3-12(22)15(16,17)18/h5-8,13H,2-4,9H2,1H3. The highest BCUT2D eigenvalue weighted by molar-refractivity contribution is 5.89. The van der Waals surface area contributed by atoms with Crippen LogP contribution in [0.2, 0.25) is 0 Å². The lowest BCUT2D eigenvalue weighted by Gasteiger charge is -2.13. The minimum atomic E-state index is -4.86. The van der Waals surface area contributed by atoms with Crippen molar-refractivity contribution in [2.45, 2.75) is 38.3 Å². The second-order valence-electron chi connectivity index (χ2n) is 4.97. The molecule has 10 heteroatoms. The van der Waals surface area contributed by atoms with E-state index in [-0.39, 0.29) is 19.4 Å². The third-order valence-electron chi connectivity index (χ3n) is 3.17. The number of hydrogen-bond donors (Lipinski definition) is 0. The molecular weight excluding hydrogens is 343 g/mol. The molecule has 0 saturated carbocycles. The fourth-order valence-corrected chi connectivity index (χ4v) is 1.86. The number of carbonyl (C=O) groups excluding carboxylic acids is 2. The molecular formula is C15H16F3N3O4. The molecule has 7 nitrogen and oxygen atoms in total. The molecule has 136 valence electrons. The van der Waals surface area contributed by atoms with Gasteiger partial charge in [-0.2, -0.15) is 13.2 Å². The topological polar surface area (TPSA) is 101 Å². The van der Waals surface area contributed by atoms with Crippen molar-refractivity contribution in [1.29, 1.82) is 0 Å². The summed E-state index contributed by atoms with van der Waals surface area (Å²) in [6.45, 7) is 0.0261. The lowest BCUT2D eigenvalue weighted by Crippen LogP contribution is -2.22. The number of ether oxygens (including phenoxy) is 2. The summed E-state index contributed by atoms with van der Waals surface area (Å²) in [6.07, 6.45) is -6.70. The molecule has 0 N–H and O–H groups in total. The van der Waals surface area contributed by atoms with Gasteiger partial charge in [-0.15, -0.1) is 0 Å². The Morgan fingerprint density at radius 3 is 2.44 bits per heavy atom. The number of rotatable bonds is 9. The Balaban J connectivity index is 2.51. The fourth-order valence-electron chi connectivity index (χ4n) is 1.86. The van der Waals surface area contributed by atoms with E-state index in [2.05, 4.69) is 14.8 Å². The zero-order valence-electron chi connectivity index (χ0n) is 13.3. The molecule has 0 amide bonds. The first-order chi connectivity index (χ1) is 11.8. The highest BCUT2D eigenvalue weighted by atomic mass is 19.4. The van der Waals surface area contributed by atoms with Crippen LogP contribution in [0.5, 0.6) is 0 Å². The van der Waals surface area contributed by atoms with Gasteiger partial charge in [0.1, 0.15) is 6.23 Å². The molecule has 0 aliphatic heterocycles. The normalized spacial score (nSPS) is 12.2. The maximum absolute atomic E-state index is 12.1. The van der Waals surface area contributed by atoms with Crippen LogP contribution in [-0.2, 0) is 20.9 Å². The van der Waals surface area contributed by atoms with Crippen molar-refractivity contribution < 1.29 is 32.2 Å². The molecule has 0 aliphatic rings. The maximum Gasteiger partial charge on any atom is 0.449 e. The molecule has 1 rings (SSSR count). The summed E-state index contributed by atoms with van der Waals surface area (Å²) in [5, 5.41) is 3.35. The van der Waals surface area contributed by atoms with Crippen LogP contribution in [0.4, 0.5) is 13.2 Å². The molecule has 0 spiro atoms. The molecule has 1 atom stereocenters. The van der Waals surface area contributed by atoms with E-state index in [4.69, 9.17) is 10.3 Å². The summed E-state index contributed by atoms with van der Waals surface area (Å²) in [5.41, 5.74) is 9.49. The third-order valence-corrected chi connectivity index (χ3v) is 3.17. The van der Waals surface area contributed by atoms with Crippen LogP contribution in [0.1, 0.15) is 35.2 Å². The van der Waals surface area contributed by atoms with Crippen LogP contribution in [0.25, 0.3) is 10.4 Å². The lowest BCUT2D eigenvalue weighted by molar-refractivity contribution is -0.171. The van der Waals surface area contributed by atoms with E-state index in [0.29, 0.717) is 11.1 Å². The highest BCUT2D eigenvalue weighted by Crippen LogP contribution is 2.20. The van der Waals surface area contributed by atoms with Crippen molar-refractivity contribution in [1.82, 2.24) is 0 Å². The van der Waals surface area contributed by atoms with Crippen LogP contribution >= 0.6 is 0 Å². The van der Waals surface area contributed by atoms with Crippen molar-refractivity contribution in [2.24, 2.45) is 5.11 Å². The first kappa shape index (κ1) is 20.5. The van der Waals surface area contributed by atoms with Crippen LogP contribution in [0.15, 0.2) is 29.4 Å². The van der Waals surface area contributed by atoms with E-state index in [0.717, 1.165) is 0 Å². The number of Topliss-reactive ketones (excluding diaryl/α,β-unsaturated/α-hetero) is 1. The predicted octanol–water partition coefficient (Wildman–Crippen LogP) is 3.93. The summed E-state index contributed by atoms with van der Waals surface area (Å²) in [6, 6.07) is 6.25. The second kappa shape index (κ2) is 9.65. The molecule has 0 radical (unpaired) electrons. The maximum atomic E-state index is 12.1. The summed E-state index contributed by atoms with van der Waals surface area (Å²) in [7, 11) is 1.26. The molecule has 0 aromatic heterocycles. The number of benzene rings is 1. The van der Waals surface area contributed by atoms with Crippen molar-refractivity contribution >= 4 is 11.8 Å². The average molecular weight is 359 g/mol. The van der Waals surface area contributed by atoms with Gasteiger partial charge in [0.2, 0.25) is 5.78 Å². The predicted molar refractivity (Wildman–Crippen MR) is 80.4 cm³/mol. The van der Waals surface area contributed by atoms with Crippen molar-refractivity contribution in [3.8, 4) is 0 Å². The number of esters is 1. The van der Waals surface area contributed by atoms with Gasteiger partial charge in [0.15, 0.2) is 0 Å². The number of alkyl halides is 3. The van der Waals surface area contributed by atoms with Gasteiger partial charge in [0, 0.05) is 11.3 Å². The highest BCUT2D eigenvalue weighted by Gasteiger charge is 2.37. The summed E-state index contributed by atoms with van der Waals surface area (Å²) in [4.78, 5) is 24.7. The molecule has 0 bridgehead atoms. The first-order valence-corrected chi connectivity index (χ1v) is 7.21. The van der Waals surface area contributed by atoms with Gasteiger partial charge in [-0.05, 0) is 36.1 Å². The van der Waals surface area contributed by atoms with E-state index >= 15 is 0 Å². The van der Waals surface area contributed by atoms with Gasteiger partial charge >= 0.3 is 12.1 Å². The zero-order valence-corrected chi connectivity index (χ0v) is 13.3. The van der Waals surface area contributed by atoms with Crippen molar-refractivity contribution in [2.75, 3.05) is 7.11 Å². The molecule has 0 fully saturated rings. The van der Waals surface area contributed by atoms with Gasteiger partial charge in [-0.1, -0.05) is 17.2 Å². The quantitative estimate of drug-likeness (QED) is 0.288. The number of ketones is 1. The molecule has 1 unspecified atom stereocenters. The fraction of sp³-hybridized carbons (Fsp3) is 0.467. The largest absolute Gasteiger partial charge is 0.465 e. The Morgan fingerprint density at radius 2 is 1.92 bits per heavy atom. The smallest absolute Gasteiger partial charge is 0.449 e. The van der Waals surface area contributed by atoms with Crippen molar-refractivity contribution in [3.05, 3.63) is 45.8 Å². The average Bonchev–Trinajstić information content (AvgIpc) is 2.58. The zero-order chi connectivity index (χ0) is 18.9. The first-order valence-electron chi connectivity index (χ1n) is 7.21. The minimum absolute atomic E-state index is 0.0217. The van der Waals surface area contributed by atoms with Crippen LogP contribution in [0.3, 0.4) is 0 Å². The van der Waals surface area contributed by atoms with Gasteiger partial charge < -0.3 is 9.47 Å². The molecule has 0 heterocycles. The van der Waals surface area contributed by atoms with E-state index < -0.39 is 30.6 Å². The minimum Gasteiger partial charge on any atom is -0.465 e. The van der Waals surface area contributed by atoms with Gasteiger partial charge in [0.25, 0.3) is 0 Å². The lowest BCUT2D eigenvalue weighted by atomic mass is 10.1. The summed E-state index contributed by atoms with van der Waals surface area (Å²) >= 11 is 0. The molecule has 0 aliphatic carbocycles. The SMILES string of the molecule is COC(=O)c1ccc(COC(CCCC(=O)C(F)(F)F)N=[N+]=[N-])cc1. The Bertz CT molecular complexity index is 640.